The molecule has 3 aromatic heterocycles. The molecule has 0 saturated carbocycles. The Morgan fingerprint density at radius 3 is 2.10 bits per heavy atom. The number of aryl methyl sites for hydroxylation is 2. The van der Waals surface area contributed by atoms with Crippen LogP contribution in [-0.2, 0) is 7.05 Å². The lowest BCUT2D eigenvalue weighted by atomic mass is 9.81. The molecule has 0 atom stereocenters. The van der Waals surface area contributed by atoms with Crippen molar-refractivity contribution in [3.63, 3.8) is 0 Å². The van der Waals surface area contributed by atoms with Gasteiger partial charge in [0.2, 0.25) is 11.2 Å². The maximum Gasteiger partial charge on any atom is 0.224 e. The molecule has 3 nitrogen and oxygen atoms in total. The van der Waals surface area contributed by atoms with Gasteiger partial charge in [0.25, 0.3) is 0 Å². The fraction of sp³-hybridized carbons (Fsp3) is 0.282. The van der Waals surface area contributed by atoms with Crippen molar-refractivity contribution in [3.8, 4) is 11.1 Å². The zero-order chi connectivity index (χ0) is 29.6. The lowest BCUT2D eigenvalue weighted by Crippen LogP contribution is -2.28. The average Bonchev–Trinajstić information content (AvgIpc) is 3.31. The van der Waals surface area contributed by atoms with Gasteiger partial charge in [-0.25, -0.2) is 9.41 Å². The van der Waals surface area contributed by atoms with Crippen molar-refractivity contribution in [1.82, 2.24) is 4.40 Å². The van der Waals surface area contributed by atoms with Crippen LogP contribution in [0.3, 0.4) is 0 Å². The number of rotatable bonds is 4. The molecule has 0 amide bonds. The Morgan fingerprint density at radius 2 is 1.45 bits per heavy atom. The third kappa shape index (κ3) is 3.54. The number of hydrogen-bond donors (Lipinski definition) is 0. The van der Waals surface area contributed by atoms with E-state index in [4.69, 9.17) is 6.57 Å². The number of benzene rings is 4. The van der Waals surface area contributed by atoms with Crippen LogP contribution in [0.5, 0.6) is 0 Å². The largest absolute Gasteiger partial charge is 0.317 e. The molecule has 0 radical (unpaired) electrons. The Hall–Kier alpha value is -4.42. The van der Waals surface area contributed by atoms with E-state index in [0.29, 0.717) is 23.4 Å². The Bertz CT molecular complexity index is 2220. The van der Waals surface area contributed by atoms with Crippen LogP contribution in [-0.4, -0.2) is 4.40 Å². The monoisotopic (exact) mass is 548 g/mol. The van der Waals surface area contributed by atoms with Crippen molar-refractivity contribution in [2.24, 2.45) is 7.05 Å². The summed E-state index contributed by atoms with van der Waals surface area (Å²) in [6.45, 7) is 24.2. The first-order valence-electron chi connectivity index (χ1n) is 15.2. The Kier molecular flexibility index (Phi) is 5.86. The molecule has 0 bridgehead atoms. The highest BCUT2D eigenvalue weighted by atomic mass is 15.0. The fourth-order valence-corrected chi connectivity index (χ4v) is 7.26. The summed E-state index contributed by atoms with van der Waals surface area (Å²) in [6, 6.07) is 22.6. The SMILES string of the molecule is [C-]#[N+]c1cccc2c3ccc(C)c4c3n(c3cc(-c5c(C(C)C)cc(C(C)C)cc5C(C)C)cc5cc[n+](C)c4c53)c12. The topological polar surface area (TPSA) is 12.6 Å². The van der Waals surface area contributed by atoms with Gasteiger partial charge in [0.1, 0.15) is 7.05 Å². The highest BCUT2D eigenvalue weighted by Gasteiger charge is 2.26. The number of para-hydroxylation sites is 1. The molecule has 42 heavy (non-hydrogen) atoms. The first-order valence-corrected chi connectivity index (χ1v) is 15.2. The quantitative estimate of drug-likeness (QED) is 0.0898. The van der Waals surface area contributed by atoms with Crippen molar-refractivity contribution < 1.29 is 4.57 Å². The normalized spacial score (nSPS) is 12.4. The van der Waals surface area contributed by atoms with E-state index in [-0.39, 0.29) is 0 Å². The first kappa shape index (κ1) is 26.5. The van der Waals surface area contributed by atoms with E-state index in [1.807, 2.05) is 12.1 Å². The van der Waals surface area contributed by atoms with E-state index in [1.54, 1.807) is 0 Å². The van der Waals surface area contributed by atoms with E-state index in [2.05, 4.69) is 124 Å². The highest BCUT2D eigenvalue weighted by Crippen LogP contribution is 2.46. The molecule has 7 aromatic rings. The minimum atomic E-state index is 0.392. The summed E-state index contributed by atoms with van der Waals surface area (Å²) < 4.78 is 4.69. The number of hydrogen-bond acceptors (Lipinski definition) is 0. The average molecular weight is 549 g/mol. The molecule has 0 aliphatic rings. The molecule has 3 heteroatoms. The number of aromatic nitrogens is 2. The van der Waals surface area contributed by atoms with Crippen molar-refractivity contribution in [2.75, 3.05) is 0 Å². The summed E-state index contributed by atoms with van der Waals surface area (Å²) in [5.74, 6) is 1.26. The standard InChI is InChI=1S/C39H38N3/c1-21(2)26-18-30(22(3)4)35(31(19-26)23(5)6)27-17-25-15-16-41(9)39-34-24(7)13-14-29-28-11-10-12-32(40-8)37(28)42(38(29)34)33(20-27)36(25)39/h10-23H,1-7,9H3/q+1. The van der Waals surface area contributed by atoms with Crippen molar-refractivity contribution in [1.29, 1.82) is 0 Å². The second-order valence-electron chi connectivity index (χ2n) is 13.0. The second kappa shape index (κ2) is 9.30. The number of pyridine rings is 2. The van der Waals surface area contributed by atoms with Gasteiger partial charge in [-0.05, 0) is 81.0 Å². The third-order valence-corrected chi connectivity index (χ3v) is 9.37. The molecule has 0 unspecified atom stereocenters. The lowest BCUT2D eigenvalue weighted by molar-refractivity contribution is -0.643. The minimum absolute atomic E-state index is 0.392. The third-order valence-electron chi connectivity index (χ3n) is 9.37. The summed E-state index contributed by atoms with van der Waals surface area (Å²) >= 11 is 0. The van der Waals surface area contributed by atoms with Gasteiger partial charge in [-0.1, -0.05) is 84.0 Å². The van der Waals surface area contributed by atoms with E-state index in [0.717, 1.165) is 10.9 Å². The molecule has 0 aliphatic carbocycles. The number of fused-ring (bicyclic) bond motifs is 5. The maximum atomic E-state index is 8.10. The van der Waals surface area contributed by atoms with Gasteiger partial charge in [-0.15, -0.1) is 0 Å². The maximum absolute atomic E-state index is 8.10. The van der Waals surface area contributed by atoms with Gasteiger partial charge in [-0.2, -0.15) is 0 Å². The van der Waals surface area contributed by atoms with Crippen LogP contribution in [0.1, 0.15) is 81.5 Å². The number of nitrogens with zero attached hydrogens (tertiary/aromatic N) is 3. The molecule has 7 rings (SSSR count). The molecule has 3 heterocycles. The van der Waals surface area contributed by atoms with Crippen molar-refractivity contribution >= 4 is 54.7 Å². The molecule has 208 valence electrons. The zero-order valence-electron chi connectivity index (χ0n) is 25.9. The van der Waals surface area contributed by atoms with Crippen LogP contribution >= 0.6 is 0 Å². The van der Waals surface area contributed by atoms with Crippen LogP contribution in [0.4, 0.5) is 5.69 Å². The van der Waals surface area contributed by atoms with Crippen LogP contribution in [0.15, 0.2) is 66.9 Å². The van der Waals surface area contributed by atoms with Crippen LogP contribution < -0.4 is 4.57 Å². The summed E-state index contributed by atoms with van der Waals surface area (Å²) in [4.78, 5) is 4.02. The Morgan fingerprint density at radius 1 is 0.762 bits per heavy atom. The summed E-state index contributed by atoms with van der Waals surface area (Å²) in [5.41, 5.74) is 13.4. The van der Waals surface area contributed by atoms with Gasteiger partial charge in [0.05, 0.1) is 33.9 Å². The van der Waals surface area contributed by atoms with Gasteiger partial charge in [0, 0.05) is 11.5 Å². The highest BCUT2D eigenvalue weighted by molar-refractivity contribution is 6.27. The van der Waals surface area contributed by atoms with Crippen LogP contribution in [0.2, 0.25) is 0 Å². The van der Waals surface area contributed by atoms with Crippen molar-refractivity contribution in [3.05, 3.63) is 101 Å². The molecule has 0 N–H and O–H groups in total. The Labute approximate surface area is 248 Å². The van der Waals surface area contributed by atoms with Gasteiger partial charge < -0.3 is 4.40 Å². The summed E-state index contributed by atoms with van der Waals surface area (Å²) in [7, 11) is 2.16. The van der Waals surface area contributed by atoms with Gasteiger partial charge in [-0.3, -0.25) is 0 Å². The van der Waals surface area contributed by atoms with Crippen LogP contribution in [0, 0.1) is 13.5 Å². The van der Waals surface area contributed by atoms with E-state index < -0.39 is 0 Å². The predicted molar refractivity (Wildman–Crippen MR) is 178 cm³/mol. The smallest absolute Gasteiger partial charge is 0.224 e. The van der Waals surface area contributed by atoms with Gasteiger partial charge >= 0.3 is 0 Å². The first-order chi connectivity index (χ1) is 20.1. The van der Waals surface area contributed by atoms with E-state index >= 15 is 0 Å². The molecule has 0 spiro atoms. The minimum Gasteiger partial charge on any atom is -0.317 e. The second-order valence-corrected chi connectivity index (χ2v) is 13.0. The molecule has 0 saturated heterocycles. The van der Waals surface area contributed by atoms with Gasteiger partial charge in [0.15, 0.2) is 6.20 Å². The van der Waals surface area contributed by atoms with Crippen molar-refractivity contribution in [2.45, 2.75) is 66.2 Å². The molecule has 4 aromatic carbocycles. The fourth-order valence-electron chi connectivity index (χ4n) is 7.26. The predicted octanol–water partition coefficient (Wildman–Crippen LogP) is 10.7. The molecular formula is C39H38N3+. The Balaban J connectivity index is 1.77. The van der Waals surface area contributed by atoms with Crippen LogP contribution in [0.25, 0.3) is 65.0 Å². The molecular weight excluding hydrogens is 510 g/mol. The summed E-state index contributed by atoms with van der Waals surface area (Å²) in [5, 5.41) is 6.09. The van der Waals surface area contributed by atoms with E-state index in [1.165, 1.54) is 71.5 Å². The molecule has 0 fully saturated rings. The summed E-state index contributed by atoms with van der Waals surface area (Å²) in [6.07, 6.45) is 2.21. The van der Waals surface area contributed by atoms with E-state index in [9.17, 15) is 0 Å². The molecule has 0 aliphatic heterocycles. The lowest BCUT2D eigenvalue weighted by Gasteiger charge is -2.24. The zero-order valence-corrected chi connectivity index (χ0v) is 25.9.